The Bertz CT molecular complexity index is 1380. The number of pyridine rings is 1. The highest BCUT2D eigenvalue weighted by atomic mass is 35.5. The molecule has 4 atom stereocenters. The molecule has 3 fully saturated rings. The molecule has 3 saturated heterocycles. The van der Waals surface area contributed by atoms with Gasteiger partial charge in [0.15, 0.2) is 12.0 Å². The van der Waals surface area contributed by atoms with E-state index in [4.69, 9.17) is 35.3 Å². The van der Waals surface area contributed by atoms with E-state index in [0.29, 0.717) is 30.5 Å². The van der Waals surface area contributed by atoms with Gasteiger partial charge in [-0.1, -0.05) is 11.6 Å². The molecule has 10 nitrogen and oxygen atoms in total. The van der Waals surface area contributed by atoms with Crippen LogP contribution in [0, 0.1) is 11.6 Å². The summed E-state index contributed by atoms with van der Waals surface area (Å²) in [7, 11) is -2.61. The molecule has 38 heavy (non-hydrogen) atoms. The van der Waals surface area contributed by atoms with Crippen LogP contribution < -0.4 is 4.74 Å². The molecule has 2 aromatic rings. The standard InChI is InChI=1S/C24H24ClF2N3O7S/c25-14-7-17-18(8-21(28-17)37-20-11-35-22-19(31)10-34-23(20)22)29-24(14)36-9-13-15(26)5-12(6-16(13)27)30-38(32)3-1-33-2-4-38/h5-7,19-20,22-23,31H,1-4,8-11H2/t19-,20-,22-,23-/m1/s1. The number of rotatable bonds is 5. The lowest BCUT2D eigenvalue weighted by molar-refractivity contribution is 0.00558. The molecule has 0 saturated carbocycles. The van der Waals surface area contributed by atoms with Crippen LogP contribution in [0.15, 0.2) is 27.6 Å². The number of halogens is 3. The number of aliphatic imine (C=N–C) groups is 1. The predicted octanol–water partition coefficient (Wildman–Crippen LogP) is 2.85. The summed E-state index contributed by atoms with van der Waals surface area (Å²) in [5.41, 5.74) is 0.646. The van der Waals surface area contributed by atoms with E-state index in [1.807, 2.05) is 0 Å². The first-order valence-electron chi connectivity index (χ1n) is 12.0. The Hall–Kier alpha value is -2.42. The van der Waals surface area contributed by atoms with Crippen molar-refractivity contribution in [2.24, 2.45) is 9.36 Å². The second kappa shape index (κ2) is 10.3. The minimum absolute atomic E-state index is 0.00824. The van der Waals surface area contributed by atoms with Crippen LogP contribution >= 0.6 is 11.6 Å². The molecular weight excluding hydrogens is 548 g/mol. The number of fused-ring (bicyclic) bond motifs is 2. The summed E-state index contributed by atoms with van der Waals surface area (Å²) < 4.78 is 74.2. The van der Waals surface area contributed by atoms with Crippen molar-refractivity contribution in [1.29, 1.82) is 0 Å². The summed E-state index contributed by atoms with van der Waals surface area (Å²) >= 11 is 6.30. The number of nitrogens with zero attached hydrogens (tertiary/aromatic N) is 3. The van der Waals surface area contributed by atoms with Gasteiger partial charge < -0.3 is 28.8 Å². The highest BCUT2D eigenvalue weighted by molar-refractivity contribution is 7.93. The Labute approximate surface area is 222 Å². The van der Waals surface area contributed by atoms with Gasteiger partial charge in [0.05, 0.1) is 76.7 Å². The van der Waals surface area contributed by atoms with E-state index in [-0.39, 0.29) is 59.4 Å². The minimum atomic E-state index is -2.61. The summed E-state index contributed by atoms with van der Waals surface area (Å²) in [6.07, 6.45) is -1.66. The molecule has 0 unspecified atom stereocenters. The first-order valence-corrected chi connectivity index (χ1v) is 14.3. The fourth-order valence-electron chi connectivity index (χ4n) is 4.72. The van der Waals surface area contributed by atoms with E-state index in [0.717, 1.165) is 12.1 Å². The van der Waals surface area contributed by atoms with Crippen molar-refractivity contribution in [2.75, 3.05) is 37.9 Å². The van der Waals surface area contributed by atoms with Crippen LogP contribution in [-0.2, 0) is 41.7 Å². The first kappa shape index (κ1) is 25.8. The SMILES string of the molecule is O=S1(=Nc2cc(F)c(COc3nc4c(cc3Cl)N=C(O[C@@H]3CO[C@H]5[C@@H]3OC[C@H]5O)C4)c(F)c2)CCOCC1. The molecule has 0 aliphatic carbocycles. The fraction of sp³-hybridized carbons (Fsp3) is 0.500. The van der Waals surface area contributed by atoms with Crippen LogP contribution in [0.25, 0.3) is 0 Å². The highest BCUT2D eigenvalue weighted by Gasteiger charge is 2.49. The number of hydrogen-bond donors (Lipinski definition) is 1. The molecule has 6 rings (SSSR count). The molecule has 5 heterocycles. The molecule has 4 aliphatic heterocycles. The van der Waals surface area contributed by atoms with Gasteiger partial charge in [-0.2, -0.15) is 4.36 Å². The largest absolute Gasteiger partial charge is 0.472 e. The number of benzene rings is 1. The molecule has 4 aliphatic rings. The molecule has 1 aromatic heterocycles. The lowest BCUT2D eigenvalue weighted by Crippen LogP contribution is -2.34. The quantitative estimate of drug-likeness (QED) is 0.582. The smallest absolute Gasteiger partial charge is 0.233 e. The van der Waals surface area contributed by atoms with Crippen molar-refractivity contribution in [3.63, 3.8) is 0 Å². The number of aliphatic hydroxyl groups excluding tert-OH is 1. The van der Waals surface area contributed by atoms with Gasteiger partial charge in [0, 0.05) is 12.1 Å². The summed E-state index contributed by atoms with van der Waals surface area (Å²) in [6, 6.07) is 3.60. The Morgan fingerprint density at radius 1 is 1.13 bits per heavy atom. The monoisotopic (exact) mass is 571 g/mol. The summed E-state index contributed by atoms with van der Waals surface area (Å²) in [5.74, 6) is -0.956. The van der Waals surface area contributed by atoms with E-state index in [2.05, 4.69) is 14.3 Å². The number of hydrogen-bond acceptors (Lipinski definition) is 10. The van der Waals surface area contributed by atoms with E-state index in [1.54, 1.807) is 6.07 Å². The van der Waals surface area contributed by atoms with Crippen LogP contribution in [0.1, 0.15) is 11.3 Å². The molecule has 204 valence electrons. The lowest BCUT2D eigenvalue weighted by Gasteiger charge is -2.17. The second-order valence-corrected chi connectivity index (χ2v) is 12.3. The minimum Gasteiger partial charge on any atom is -0.472 e. The highest BCUT2D eigenvalue weighted by Crippen LogP contribution is 2.36. The van der Waals surface area contributed by atoms with Crippen molar-refractivity contribution in [3.8, 4) is 5.88 Å². The van der Waals surface area contributed by atoms with E-state index in [9.17, 15) is 18.1 Å². The van der Waals surface area contributed by atoms with E-state index >= 15 is 0 Å². The summed E-state index contributed by atoms with van der Waals surface area (Å²) in [5, 5.41) is 10.0. The molecule has 1 N–H and O–H groups in total. The Morgan fingerprint density at radius 3 is 2.63 bits per heavy atom. The number of aromatic nitrogens is 1. The van der Waals surface area contributed by atoms with E-state index in [1.165, 1.54) is 0 Å². The normalized spacial score (nSPS) is 27.5. The zero-order valence-electron chi connectivity index (χ0n) is 20.0. The summed E-state index contributed by atoms with van der Waals surface area (Å²) in [4.78, 5) is 8.79. The Kier molecular flexibility index (Phi) is 6.99. The molecule has 0 amide bonds. The second-order valence-electron chi connectivity index (χ2n) is 9.30. The third-order valence-electron chi connectivity index (χ3n) is 6.68. The van der Waals surface area contributed by atoms with Crippen LogP contribution in [0.4, 0.5) is 20.2 Å². The van der Waals surface area contributed by atoms with Crippen molar-refractivity contribution >= 4 is 38.6 Å². The van der Waals surface area contributed by atoms with Gasteiger partial charge in [0.25, 0.3) is 0 Å². The molecule has 14 heteroatoms. The molecule has 1 aromatic carbocycles. The molecule has 0 spiro atoms. The van der Waals surface area contributed by atoms with Crippen molar-refractivity contribution in [2.45, 2.75) is 37.4 Å². The maximum Gasteiger partial charge on any atom is 0.233 e. The third kappa shape index (κ3) is 5.10. The van der Waals surface area contributed by atoms with Crippen molar-refractivity contribution in [1.82, 2.24) is 4.98 Å². The Morgan fingerprint density at radius 2 is 1.87 bits per heavy atom. The average molecular weight is 572 g/mol. The van der Waals surface area contributed by atoms with Gasteiger partial charge in [0.2, 0.25) is 5.88 Å². The fourth-order valence-corrected chi connectivity index (χ4v) is 6.55. The molecule has 0 bridgehead atoms. The van der Waals surface area contributed by atoms with Gasteiger partial charge in [-0.3, -0.25) is 0 Å². The molecular formula is C24H24ClF2N3O7S. The van der Waals surface area contributed by atoms with Gasteiger partial charge in [-0.05, 0) is 6.07 Å². The zero-order chi connectivity index (χ0) is 26.4. The topological polar surface area (TPSA) is 121 Å². The van der Waals surface area contributed by atoms with E-state index < -0.39 is 46.3 Å². The van der Waals surface area contributed by atoms with Crippen LogP contribution in [0.5, 0.6) is 5.88 Å². The number of aliphatic hydroxyl groups is 1. The van der Waals surface area contributed by atoms with Gasteiger partial charge in [-0.25, -0.2) is 23.0 Å². The van der Waals surface area contributed by atoms with Crippen LogP contribution in [0.2, 0.25) is 5.02 Å². The lowest BCUT2D eigenvalue weighted by atomic mass is 10.1. The zero-order valence-corrected chi connectivity index (χ0v) is 21.6. The van der Waals surface area contributed by atoms with Crippen LogP contribution in [0.3, 0.4) is 0 Å². The third-order valence-corrected chi connectivity index (χ3v) is 9.10. The van der Waals surface area contributed by atoms with Gasteiger partial charge >= 0.3 is 0 Å². The first-order chi connectivity index (χ1) is 18.3. The van der Waals surface area contributed by atoms with Gasteiger partial charge in [-0.15, -0.1) is 0 Å². The summed E-state index contributed by atoms with van der Waals surface area (Å²) in [6.45, 7) is 0.564. The maximum absolute atomic E-state index is 14.8. The number of ether oxygens (including phenoxy) is 5. The van der Waals surface area contributed by atoms with Crippen molar-refractivity contribution in [3.05, 3.63) is 46.1 Å². The predicted molar refractivity (Wildman–Crippen MR) is 132 cm³/mol. The van der Waals surface area contributed by atoms with Crippen molar-refractivity contribution < 1.29 is 41.8 Å². The Balaban J connectivity index is 1.12. The molecule has 0 radical (unpaired) electrons. The average Bonchev–Trinajstić information content (AvgIpc) is 3.55. The van der Waals surface area contributed by atoms with Gasteiger partial charge in [0.1, 0.15) is 41.6 Å². The van der Waals surface area contributed by atoms with Crippen LogP contribution in [-0.4, -0.2) is 82.5 Å². The maximum atomic E-state index is 14.8.